The quantitative estimate of drug-likeness (QED) is 0.0286. The maximum Gasteiger partial charge on any atom is 0.407 e. The summed E-state index contributed by atoms with van der Waals surface area (Å²) >= 11 is 0. The lowest BCUT2D eigenvalue weighted by molar-refractivity contribution is -0.152. The van der Waals surface area contributed by atoms with Crippen molar-refractivity contribution < 1.29 is 28.6 Å². The lowest BCUT2D eigenvalue weighted by atomic mass is 10.1. The molecule has 292 valence electrons. The third-order valence-electron chi connectivity index (χ3n) is 8.83. The second-order valence-corrected chi connectivity index (χ2v) is 13.8. The number of allylic oxidation sites excluding steroid dienone is 4. The SMILES string of the molecule is CCCCCCCC/C=C\CCCCCCCC(=O)OCC(COC(=O)CCCCCCC/C=C\CCCCCCCC)OC(=O)NCCN. The van der Waals surface area contributed by atoms with Crippen LogP contribution in [0.3, 0.4) is 0 Å². The molecule has 0 fully saturated rings. The molecule has 0 aromatic carbocycles. The monoisotopic (exact) mass is 707 g/mol. The molecule has 8 heteroatoms. The Labute approximate surface area is 307 Å². The van der Waals surface area contributed by atoms with Crippen LogP contribution < -0.4 is 11.1 Å². The molecular formula is C42H78N2O6. The number of rotatable bonds is 37. The Balaban J connectivity index is 4.02. The minimum Gasteiger partial charge on any atom is -0.462 e. The van der Waals surface area contributed by atoms with Crippen molar-refractivity contribution in [1.29, 1.82) is 0 Å². The van der Waals surface area contributed by atoms with Gasteiger partial charge in [-0.15, -0.1) is 0 Å². The molecule has 0 heterocycles. The molecule has 0 aliphatic carbocycles. The summed E-state index contributed by atoms with van der Waals surface area (Å²) in [7, 11) is 0. The van der Waals surface area contributed by atoms with Crippen LogP contribution >= 0.6 is 0 Å². The van der Waals surface area contributed by atoms with E-state index in [-0.39, 0.29) is 38.2 Å². The molecule has 3 N–H and O–H groups in total. The van der Waals surface area contributed by atoms with E-state index in [4.69, 9.17) is 19.9 Å². The van der Waals surface area contributed by atoms with Gasteiger partial charge in [0, 0.05) is 25.9 Å². The summed E-state index contributed by atoms with van der Waals surface area (Å²) in [5.74, 6) is -0.670. The molecule has 0 saturated heterocycles. The molecule has 0 aliphatic heterocycles. The summed E-state index contributed by atoms with van der Waals surface area (Å²) in [6, 6.07) is 0. The molecule has 0 radical (unpaired) electrons. The van der Waals surface area contributed by atoms with Crippen LogP contribution in [-0.2, 0) is 23.8 Å². The fraction of sp³-hybridized carbons (Fsp3) is 0.833. The highest BCUT2D eigenvalue weighted by molar-refractivity contribution is 5.70. The molecule has 0 aliphatic rings. The number of unbranched alkanes of at least 4 members (excludes halogenated alkanes) is 22. The largest absolute Gasteiger partial charge is 0.462 e. The lowest BCUT2D eigenvalue weighted by Crippen LogP contribution is -2.37. The van der Waals surface area contributed by atoms with Crippen LogP contribution in [0.15, 0.2) is 24.3 Å². The first-order valence-corrected chi connectivity index (χ1v) is 20.8. The van der Waals surface area contributed by atoms with Crippen molar-refractivity contribution in [3.63, 3.8) is 0 Å². The zero-order valence-corrected chi connectivity index (χ0v) is 32.5. The number of nitrogens with two attached hydrogens (primary N) is 1. The van der Waals surface area contributed by atoms with Gasteiger partial charge in [-0.2, -0.15) is 0 Å². The predicted octanol–water partition coefficient (Wildman–Crippen LogP) is 11.2. The normalized spacial score (nSPS) is 11.5. The number of hydrogen-bond donors (Lipinski definition) is 2. The Hall–Kier alpha value is -2.35. The number of hydrogen-bond acceptors (Lipinski definition) is 7. The van der Waals surface area contributed by atoms with Gasteiger partial charge in [0.1, 0.15) is 13.2 Å². The minimum atomic E-state index is -0.871. The average Bonchev–Trinajstić information content (AvgIpc) is 3.11. The highest BCUT2D eigenvalue weighted by Gasteiger charge is 2.19. The zero-order chi connectivity index (χ0) is 36.6. The topological polar surface area (TPSA) is 117 Å². The summed E-state index contributed by atoms with van der Waals surface area (Å²) in [4.78, 5) is 36.7. The minimum absolute atomic E-state index is 0.152. The Morgan fingerprint density at radius 1 is 0.520 bits per heavy atom. The molecule has 0 bridgehead atoms. The van der Waals surface area contributed by atoms with Crippen LogP contribution in [0.2, 0.25) is 0 Å². The van der Waals surface area contributed by atoms with Gasteiger partial charge in [-0.1, -0.05) is 141 Å². The fourth-order valence-corrected chi connectivity index (χ4v) is 5.68. The second-order valence-electron chi connectivity index (χ2n) is 13.8. The number of alkyl carbamates (subject to hydrolysis) is 1. The molecule has 0 aromatic rings. The molecule has 50 heavy (non-hydrogen) atoms. The van der Waals surface area contributed by atoms with Crippen molar-refractivity contribution in [2.24, 2.45) is 5.73 Å². The summed E-state index contributed by atoms with van der Waals surface area (Å²) < 4.78 is 16.1. The van der Waals surface area contributed by atoms with E-state index in [1.54, 1.807) is 0 Å². The van der Waals surface area contributed by atoms with E-state index in [2.05, 4.69) is 43.5 Å². The van der Waals surface area contributed by atoms with Crippen LogP contribution in [-0.4, -0.2) is 50.4 Å². The fourth-order valence-electron chi connectivity index (χ4n) is 5.68. The third kappa shape index (κ3) is 36.9. The van der Waals surface area contributed by atoms with E-state index >= 15 is 0 Å². The molecule has 0 rings (SSSR count). The van der Waals surface area contributed by atoms with Gasteiger partial charge >= 0.3 is 18.0 Å². The molecule has 0 spiro atoms. The number of carbonyl (C=O) groups is 3. The third-order valence-corrected chi connectivity index (χ3v) is 8.83. The average molecular weight is 707 g/mol. The molecule has 0 unspecified atom stereocenters. The number of carbonyl (C=O) groups excluding carboxylic acids is 3. The van der Waals surface area contributed by atoms with Crippen LogP contribution in [0.4, 0.5) is 4.79 Å². The van der Waals surface area contributed by atoms with Crippen molar-refractivity contribution >= 4 is 18.0 Å². The number of nitrogens with one attached hydrogen (secondary N) is 1. The number of esters is 2. The van der Waals surface area contributed by atoms with Crippen molar-refractivity contribution in [3.05, 3.63) is 24.3 Å². The molecule has 0 atom stereocenters. The van der Waals surface area contributed by atoms with Crippen LogP contribution in [0.1, 0.15) is 194 Å². The van der Waals surface area contributed by atoms with Gasteiger partial charge < -0.3 is 25.3 Å². The van der Waals surface area contributed by atoms with Crippen LogP contribution in [0.25, 0.3) is 0 Å². The van der Waals surface area contributed by atoms with Crippen LogP contribution in [0, 0.1) is 0 Å². The van der Waals surface area contributed by atoms with E-state index < -0.39 is 12.2 Å². The maximum atomic E-state index is 12.3. The summed E-state index contributed by atoms with van der Waals surface area (Å²) in [6.07, 6.45) is 39.4. The first-order chi connectivity index (χ1) is 24.5. The van der Waals surface area contributed by atoms with Gasteiger partial charge in [0.2, 0.25) is 0 Å². The van der Waals surface area contributed by atoms with Gasteiger partial charge in [0.05, 0.1) is 0 Å². The number of ether oxygens (including phenoxy) is 3. The van der Waals surface area contributed by atoms with Crippen molar-refractivity contribution in [3.8, 4) is 0 Å². The Kier molecular flexibility index (Phi) is 37.6. The smallest absolute Gasteiger partial charge is 0.407 e. The Morgan fingerprint density at radius 2 is 0.860 bits per heavy atom. The Bertz CT molecular complexity index is 775. The lowest BCUT2D eigenvalue weighted by Gasteiger charge is -2.18. The molecule has 0 aromatic heterocycles. The van der Waals surface area contributed by atoms with E-state index in [0.717, 1.165) is 64.2 Å². The van der Waals surface area contributed by atoms with Crippen molar-refractivity contribution in [2.45, 2.75) is 200 Å². The first-order valence-electron chi connectivity index (χ1n) is 20.8. The van der Waals surface area contributed by atoms with Gasteiger partial charge in [0.25, 0.3) is 0 Å². The second kappa shape index (κ2) is 39.4. The van der Waals surface area contributed by atoms with Gasteiger partial charge in [-0.05, 0) is 64.2 Å². The Morgan fingerprint density at radius 3 is 1.22 bits per heavy atom. The highest BCUT2D eigenvalue weighted by Crippen LogP contribution is 2.12. The van der Waals surface area contributed by atoms with Gasteiger partial charge in [-0.3, -0.25) is 9.59 Å². The van der Waals surface area contributed by atoms with Crippen LogP contribution in [0.5, 0.6) is 0 Å². The van der Waals surface area contributed by atoms with Gasteiger partial charge in [0.15, 0.2) is 6.10 Å². The molecular weight excluding hydrogens is 628 g/mol. The van der Waals surface area contributed by atoms with E-state index in [1.807, 2.05) is 0 Å². The molecule has 8 nitrogen and oxygen atoms in total. The maximum absolute atomic E-state index is 12.3. The summed E-state index contributed by atoms with van der Waals surface area (Å²) in [5.41, 5.74) is 5.45. The van der Waals surface area contributed by atoms with E-state index in [1.165, 1.54) is 103 Å². The molecule has 1 amide bonds. The predicted molar refractivity (Wildman–Crippen MR) is 208 cm³/mol. The van der Waals surface area contributed by atoms with E-state index in [0.29, 0.717) is 12.8 Å². The first kappa shape index (κ1) is 47.7. The zero-order valence-electron chi connectivity index (χ0n) is 32.5. The standard InChI is InChI=1S/C42H78N2O6/c1-3-5-7-9-11-13-15-17-19-21-23-25-27-29-31-33-40(45)48-37-39(50-42(47)44-36-35-43)38-49-41(46)34-32-30-28-26-24-22-20-18-16-14-12-10-8-6-4-2/h17-20,39H,3-16,21-38,43H2,1-2H3,(H,44,47)/b19-17-,20-18-. The van der Waals surface area contributed by atoms with Crippen molar-refractivity contribution in [2.75, 3.05) is 26.3 Å². The van der Waals surface area contributed by atoms with Crippen molar-refractivity contribution in [1.82, 2.24) is 5.32 Å². The van der Waals surface area contributed by atoms with Gasteiger partial charge in [-0.25, -0.2) is 4.79 Å². The number of amides is 1. The van der Waals surface area contributed by atoms with E-state index in [9.17, 15) is 14.4 Å². The summed E-state index contributed by atoms with van der Waals surface area (Å²) in [5, 5.41) is 2.53. The molecule has 0 saturated carbocycles. The summed E-state index contributed by atoms with van der Waals surface area (Å²) in [6.45, 7) is 4.74. The highest BCUT2D eigenvalue weighted by atomic mass is 16.6.